The van der Waals surface area contributed by atoms with Gasteiger partial charge in [-0.1, -0.05) is 54.6 Å². The van der Waals surface area contributed by atoms with Crippen molar-refractivity contribution in [1.82, 2.24) is 10.2 Å². The highest BCUT2D eigenvalue weighted by molar-refractivity contribution is 8.01. The predicted molar refractivity (Wildman–Crippen MR) is 96.1 cm³/mol. The van der Waals surface area contributed by atoms with Gasteiger partial charge in [0.25, 0.3) is 0 Å². The summed E-state index contributed by atoms with van der Waals surface area (Å²) in [6.07, 6.45) is 0.764. The van der Waals surface area contributed by atoms with E-state index in [0.29, 0.717) is 5.13 Å². The number of thioether (sulfide) groups is 2. The number of benzene rings is 1. The van der Waals surface area contributed by atoms with Gasteiger partial charge in [0.15, 0.2) is 4.34 Å². The normalized spacial score (nSPS) is 12.1. The standard InChI is InChI=1S/C15H19N3OS3/c1-4-12(21-11-8-6-10(3)7-9-11)13(19)16-14-17-18-15(22-14)20-5-2/h6-9,12H,4-5H2,1-3H3,(H,16,17,19). The maximum absolute atomic E-state index is 12.4. The summed E-state index contributed by atoms with van der Waals surface area (Å²) in [4.78, 5) is 13.5. The van der Waals surface area contributed by atoms with Crippen LogP contribution in [0, 0.1) is 6.92 Å². The molecule has 0 aliphatic rings. The Labute approximate surface area is 143 Å². The van der Waals surface area contributed by atoms with E-state index in [2.05, 4.69) is 53.6 Å². The van der Waals surface area contributed by atoms with Crippen LogP contribution in [0.4, 0.5) is 5.13 Å². The van der Waals surface area contributed by atoms with Crippen molar-refractivity contribution in [1.29, 1.82) is 0 Å². The smallest absolute Gasteiger partial charge is 0.239 e. The third-order valence-electron chi connectivity index (χ3n) is 2.87. The number of aryl methyl sites for hydroxylation is 1. The average Bonchev–Trinajstić information content (AvgIpc) is 2.94. The molecule has 0 saturated heterocycles. The molecule has 0 saturated carbocycles. The number of carbonyl (C=O) groups excluding carboxylic acids is 1. The first-order valence-electron chi connectivity index (χ1n) is 7.12. The molecule has 1 amide bonds. The summed E-state index contributed by atoms with van der Waals surface area (Å²) in [5, 5.41) is 11.4. The van der Waals surface area contributed by atoms with Crippen LogP contribution in [0.2, 0.25) is 0 Å². The van der Waals surface area contributed by atoms with Gasteiger partial charge in [-0.3, -0.25) is 10.1 Å². The SMILES string of the molecule is CCSc1nnc(NC(=O)C(CC)Sc2ccc(C)cc2)s1. The molecule has 0 spiro atoms. The van der Waals surface area contributed by atoms with E-state index >= 15 is 0 Å². The lowest BCUT2D eigenvalue weighted by atomic mass is 10.2. The van der Waals surface area contributed by atoms with Gasteiger partial charge in [0.2, 0.25) is 11.0 Å². The molecule has 0 aliphatic carbocycles. The number of hydrogen-bond donors (Lipinski definition) is 1. The highest BCUT2D eigenvalue weighted by Gasteiger charge is 2.19. The number of amides is 1. The second kappa shape index (κ2) is 8.55. The van der Waals surface area contributed by atoms with Gasteiger partial charge in [-0.25, -0.2) is 0 Å². The summed E-state index contributed by atoms with van der Waals surface area (Å²) in [6, 6.07) is 8.23. The zero-order chi connectivity index (χ0) is 15.9. The highest BCUT2D eigenvalue weighted by Crippen LogP contribution is 2.29. The van der Waals surface area contributed by atoms with Crippen molar-refractivity contribution in [3.63, 3.8) is 0 Å². The van der Waals surface area contributed by atoms with E-state index in [0.717, 1.165) is 21.4 Å². The molecule has 1 N–H and O–H groups in total. The van der Waals surface area contributed by atoms with E-state index in [1.54, 1.807) is 23.5 Å². The Bertz CT molecular complexity index is 613. The summed E-state index contributed by atoms with van der Waals surface area (Å²) in [5.74, 6) is 0.931. The average molecular weight is 354 g/mol. The second-order valence-electron chi connectivity index (χ2n) is 4.62. The first-order chi connectivity index (χ1) is 10.6. The van der Waals surface area contributed by atoms with Crippen molar-refractivity contribution in [2.45, 2.75) is 41.7 Å². The minimum atomic E-state index is -0.131. The van der Waals surface area contributed by atoms with E-state index in [1.807, 2.05) is 6.92 Å². The first kappa shape index (κ1) is 17.3. The fraction of sp³-hybridized carbons (Fsp3) is 0.400. The van der Waals surface area contributed by atoms with E-state index < -0.39 is 0 Å². The highest BCUT2D eigenvalue weighted by atomic mass is 32.2. The zero-order valence-corrected chi connectivity index (χ0v) is 15.3. The lowest BCUT2D eigenvalue weighted by molar-refractivity contribution is -0.115. The summed E-state index contributed by atoms with van der Waals surface area (Å²) >= 11 is 4.63. The molecule has 0 fully saturated rings. The van der Waals surface area contributed by atoms with Gasteiger partial charge in [0.05, 0.1) is 5.25 Å². The van der Waals surface area contributed by atoms with Gasteiger partial charge in [-0.2, -0.15) is 0 Å². The number of nitrogens with zero attached hydrogens (tertiary/aromatic N) is 2. The van der Waals surface area contributed by atoms with Crippen LogP contribution >= 0.6 is 34.9 Å². The van der Waals surface area contributed by atoms with Gasteiger partial charge in [-0.15, -0.1) is 22.0 Å². The van der Waals surface area contributed by atoms with Crippen LogP contribution in [0.15, 0.2) is 33.5 Å². The molecule has 4 nitrogen and oxygen atoms in total. The molecule has 2 aromatic rings. The second-order valence-corrected chi connectivity index (χ2v) is 8.39. The van der Waals surface area contributed by atoms with Crippen molar-refractivity contribution in [2.24, 2.45) is 0 Å². The van der Waals surface area contributed by atoms with Crippen LogP contribution in [0.3, 0.4) is 0 Å². The molecular weight excluding hydrogens is 334 g/mol. The van der Waals surface area contributed by atoms with E-state index in [-0.39, 0.29) is 11.2 Å². The first-order valence-corrected chi connectivity index (χ1v) is 9.81. The molecule has 1 atom stereocenters. The molecule has 1 unspecified atom stereocenters. The Hall–Kier alpha value is -1.05. The summed E-state index contributed by atoms with van der Waals surface area (Å²) < 4.78 is 0.886. The van der Waals surface area contributed by atoms with Crippen molar-refractivity contribution < 1.29 is 4.79 Å². The van der Waals surface area contributed by atoms with Gasteiger partial charge in [-0.05, 0) is 31.2 Å². The lowest BCUT2D eigenvalue weighted by Crippen LogP contribution is -2.24. The lowest BCUT2D eigenvalue weighted by Gasteiger charge is -2.13. The summed E-state index contributed by atoms with van der Waals surface area (Å²) in [5.41, 5.74) is 1.22. The number of carbonyl (C=O) groups is 1. The van der Waals surface area contributed by atoms with Crippen LogP contribution in [0.25, 0.3) is 0 Å². The molecule has 1 aromatic carbocycles. The van der Waals surface area contributed by atoms with Gasteiger partial charge in [0.1, 0.15) is 0 Å². The molecule has 1 heterocycles. The minimum absolute atomic E-state index is 0.0164. The minimum Gasteiger partial charge on any atom is -0.300 e. The Balaban J connectivity index is 1.97. The van der Waals surface area contributed by atoms with Gasteiger partial charge in [0, 0.05) is 4.90 Å². The molecule has 1 aromatic heterocycles. The quantitative estimate of drug-likeness (QED) is 0.588. The number of hydrogen-bond acceptors (Lipinski definition) is 6. The maximum Gasteiger partial charge on any atom is 0.239 e. The van der Waals surface area contributed by atoms with Crippen LogP contribution < -0.4 is 5.32 Å². The maximum atomic E-state index is 12.4. The van der Waals surface area contributed by atoms with Crippen LogP contribution in [0.5, 0.6) is 0 Å². The molecule has 0 radical (unpaired) electrons. The van der Waals surface area contributed by atoms with E-state index in [4.69, 9.17) is 0 Å². The Kier molecular flexibility index (Phi) is 6.72. The number of nitrogens with one attached hydrogen (secondary N) is 1. The number of aromatic nitrogens is 2. The molecule has 22 heavy (non-hydrogen) atoms. The molecule has 2 rings (SSSR count). The molecule has 0 aliphatic heterocycles. The molecule has 118 valence electrons. The van der Waals surface area contributed by atoms with E-state index in [1.165, 1.54) is 16.9 Å². The molecule has 0 bridgehead atoms. The fourth-order valence-corrected chi connectivity index (χ4v) is 4.34. The third kappa shape index (κ3) is 5.00. The Morgan fingerprint density at radius 2 is 2.00 bits per heavy atom. The Morgan fingerprint density at radius 1 is 1.27 bits per heavy atom. The molecule has 7 heteroatoms. The van der Waals surface area contributed by atoms with Crippen LogP contribution in [-0.2, 0) is 4.79 Å². The predicted octanol–water partition coefficient (Wildman–Crippen LogP) is 4.47. The number of rotatable bonds is 7. The largest absolute Gasteiger partial charge is 0.300 e. The van der Waals surface area contributed by atoms with Crippen molar-refractivity contribution in [2.75, 3.05) is 11.1 Å². The van der Waals surface area contributed by atoms with Crippen molar-refractivity contribution >= 4 is 45.9 Å². The Morgan fingerprint density at radius 3 is 2.64 bits per heavy atom. The third-order valence-corrected chi connectivity index (χ3v) is 6.10. The summed E-state index contributed by atoms with van der Waals surface area (Å²) in [7, 11) is 0. The van der Waals surface area contributed by atoms with Crippen LogP contribution in [0.1, 0.15) is 25.8 Å². The van der Waals surface area contributed by atoms with Crippen molar-refractivity contribution in [3.05, 3.63) is 29.8 Å². The monoisotopic (exact) mass is 353 g/mol. The zero-order valence-electron chi connectivity index (χ0n) is 12.8. The summed E-state index contributed by atoms with van der Waals surface area (Å²) in [6.45, 7) is 6.14. The number of anilines is 1. The van der Waals surface area contributed by atoms with Crippen molar-refractivity contribution in [3.8, 4) is 0 Å². The fourth-order valence-electron chi connectivity index (χ4n) is 1.73. The van der Waals surface area contributed by atoms with Crippen LogP contribution in [-0.4, -0.2) is 27.1 Å². The topological polar surface area (TPSA) is 54.9 Å². The van der Waals surface area contributed by atoms with Gasteiger partial charge < -0.3 is 0 Å². The van der Waals surface area contributed by atoms with Gasteiger partial charge >= 0.3 is 0 Å². The van der Waals surface area contributed by atoms with E-state index in [9.17, 15) is 4.79 Å². The molecular formula is C15H19N3OS3.